The molecule has 0 bridgehead atoms. The first-order chi connectivity index (χ1) is 6.60. The second-order valence-electron chi connectivity index (χ2n) is 2.55. The van der Waals surface area contributed by atoms with Crippen LogP contribution in [0.4, 0.5) is 0 Å². The summed E-state index contributed by atoms with van der Waals surface area (Å²) in [5.74, 6) is -1.13. The molecule has 5 heteroatoms. The van der Waals surface area contributed by atoms with Crippen LogP contribution in [0.3, 0.4) is 0 Å². The average Bonchev–Trinajstić information content (AvgIpc) is 2.17. The molecule has 0 heterocycles. The predicted molar refractivity (Wildman–Crippen MR) is 55.8 cm³/mol. The van der Waals surface area contributed by atoms with Crippen molar-refractivity contribution in [2.24, 2.45) is 0 Å². The van der Waals surface area contributed by atoms with Gasteiger partial charge in [0.05, 0.1) is 22.2 Å². The summed E-state index contributed by atoms with van der Waals surface area (Å²) in [5.41, 5.74) is 0.851. The van der Waals surface area contributed by atoms with Gasteiger partial charge in [0.1, 0.15) is 0 Å². The fourth-order valence-corrected chi connectivity index (χ4v) is 1.86. The molecule has 0 fully saturated rings. The van der Waals surface area contributed by atoms with Crippen molar-refractivity contribution in [3.05, 3.63) is 33.8 Å². The largest absolute Gasteiger partial charge is 0.478 e. The highest BCUT2D eigenvalue weighted by Crippen LogP contribution is 2.25. The maximum atomic E-state index is 10.7. The van der Waals surface area contributed by atoms with E-state index in [9.17, 15) is 4.79 Å². The van der Waals surface area contributed by atoms with Crippen molar-refractivity contribution < 1.29 is 9.90 Å². The summed E-state index contributed by atoms with van der Waals surface area (Å²) in [7, 11) is 0. The number of carbonyl (C=O) groups is 1. The number of hydrogen-bond acceptors (Lipinski definition) is 2. The predicted octanol–water partition coefficient (Wildman–Crippen LogP) is 2.80. The van der Waals surface area contributed by atoms with Crippen LogP contribution in [0.15, 0.2) is 12.1 Å². The molecule has 0 saturated heterocycles. The van der Waals surface area contributed by atoms with E-state index >= 15 is 0 Å². The van der Waals surface area contributed by atoms with Crippen LogP contribution in [0.1, 0.15) is 21.5 Å². The Kier molecular flexibility index (Phi) is 3.50. The summed E-state index contributed by atoms with van der Waals surface area (Å²) in [6.45, 7) is 0. The molecule has 0 aliphatic rings. The number of nitrogens with zero attached hydrogens (tertiary/aromatic N) is 1. The maximum Gasteiger partial charge on any atom is 0.337 e. The molecular weight excluding hydrogens is 269 g/mol. The Hall–Kier alpha value is -1.05. The van der Waals surface area contributed by atoms with Crippen molar-refractivity contribution in [3.63, 3.8) is 0 Å². The number of halogens is 2. The van der Waals surface area contributed by atoms with Crippen molar-refractivity contribution in [2.45, 2.75) is 5.33 Å². The minimum Gasteiger partial charge on any atom is -0.478 e. The highest BCUT2D eigenvalue weighted by molar-refractivity contribution is 9.08. The molecule has 0 aliphatic carbocycles. The summed E-state index contributed by atoms with van der Waals surface area (Å²) in [6.07, 6.45) is 0. The van der Waals surface area contributed by atoms with Gasteiger partial charge in [0.15, 0.2) is 0 Å². The van der Waals surface area contributed by atoms with Crippen molar-refractivity contribution in [1.29, 1.82) is 5.26 Å². The summed E-state index contributed by atoms with van der Waals surface area (Å²) < 4.78 is 0. The lowest BCUT2D eigenvalue weighted by Crippen LogP contribution is -2.00. The monoisotopic (exact) mass is 273 g/mol. The standard InChI is InChI=1S/C9H5BrClNO2/c10-3-6-1-5(4-12)2-7(8(6)11)9(13)14/h1-2H,3H2,(H,13,14). The van der Waals surface area contributed by atoms with Crippen LogP contribution in [0, 0.1) is 11.3 Å². The van der Waals surface area contributed by atoms with E-state index in [2.05, 4.69) is 15.9 Å². The third-order valence-corrected chi connectivity index (χ3v) is 2.70. The molecule has 1 aromatic rings. The maximum absolute atomic E-state index is 10.7. The van der Waals surface area contributed by atoms with Crippen molar-refractivity contribution in [3.8, 4) is 6.07 Å². The quantitative estimate of drug-likeness (QED) is 0.844. The topological polar surface area (TPSA) is 61.1 Å². The lowest BCUT2D eigenvalue weighted by molar-refractivity contribution is 0.0697. The number of carboxylic acid groups (broad SMARTS) is 1. The number of carboxylic acids is 1. The number of rotatable bonds is 2. The van der Waals surface area contributed by atoms with Gasteiger partial charge in [0.25, 0.3) is 0 Å². The van der Waals surface area contributed by atoms with E-state index in [4.69, 9.17) is 22.0 Å². The average molecular weight is 275 g/mol. The Morgan fingerprint density at radius 3 is 2.71 bits per heavy atom. The first-order valence-corrected chi connectivity index (χ1v) is 5.12. The second-order valence-corrected chi connectivity index (χ2v) is 3.49. The molecule has 3 nitrogen and oxygen atoms in total. The molecule has 1 rings (SSSR count). The molecule has 0 atom stereocenters. The van der Waals surface area contributed by atoms with Crippen LogP contribution in [0.5, 0.6) is 0 Å². The van der Waals surface area contributed by atoms with Gasteiger partial charge < -0.3 is 5.11 Å². The minimum absolute atomic E-state index is 0.0415. The van der Waals surface area contributed by atoms with Crippen LogP contribution in [-0.4, -0.2) is 11.1 Å². The van der Waals surface area contributed by atoms with Crippen LogP contribution < -0.4 is 0 Å². The van der Waals surface area contributed by atoms with Gasteiger partial charge in [-0.25, -0.2) is 4.79 Å². The fourth-order valence-electron chi connectivity index (χ4n) is 1.00. The number of alkyl halides is 1. The lowest BCUT2D eigenvalue weighted by atomic mass is 10.1. The van der Waals surface area contributed by atoms with E-state index in [0.29, 0.717) is 16.5 Å². The Morgan fingerprint density at radius 1 is 1.64 bits per heavy atom. The molecule has 1 N–H and O–H groups in total. The highest BCUT2D eigenvalue weighted by atomic mass is 79.9. The molecule has 0 radical (unpaired) electrons. The van der Waals surface area contributed by atoms with Crippen molar-refractivity contribution in [2.75, 3.05) is 0 Å². The number of hydrogen-bond donors (Lipinski definition) is 1. The molecule has 14 heavy (non-hydrogen) atoms. The summed E-state index contributed by atoms with van der Waals surface area (Å²) in [4.78, 5) is 10.7. The van der Waals surface area contributed by atoms with E-state index in [1.54, 1.807) is 6.07 Å². The van der Waals surface area contributed by atoms with Gasteiger partial charge in [-0.1, -0.05) is 27.5 Å². The molecule has 1 aromatic carbocycles. The summed E-state index contributed by atoms with van der Waals surface area (Å²) in [5, 5.41) is 18.0. The first kappa shape index (κ1) is 11.0. The summed E-state index contributed by atoms with van der Waals surface area (Å²) >= 11 is 8.98. The van der Waals surface area contributed by atoms with Gasteiger partial charge >= 0.3 is 5.97 Å². The Bertz CT molecular complexity index is 426. The zero-order chi connectivity index (χ0) is 10.7. The van der Waals surface area contributed by atoms with Crippen LogP contribution in [-0.2, 0) is 5.33 Å². The SMILES string of the molecule is N#Cc1cc(CBr)c(Cl)c(C(=O)O)c1. The zero-order valence-electron chi connectivity index (χ0n) is 6.92. The first-order valence-electron chi connectivity index (χ1n) is 3.62. The molecule has 0 spiro atoms. The third kappa shape index (κ3) is 2.06. The van der Waals surface area contributed by atoms with E-state index < -0.39 is 5.97 Å². The molecule has 0 aromatic heterocycles. The molecule has 0 amide bonds. The molecule has 0 unspecified atom stereocenters. The van der Waals surface area contributed by atoms with E-state index in [0.717, 1.165) is 0 Å². The third-order valence-electron chi connectivity index (χ3n) is 1.65. The fraction of sp³-hybridized carbons (Fsp3) is 0.111. The Balaban J connectivity index is 3.44. The van der Waals surface area contributed by atoms with Crippen LogP contribution in [0.25, 0.3) is 0 Å². The van der Waals surface area contributed by atoms with Gasteiger partial charge in [-0.3, -0.25) is 0 Å². The van der Waals surface area contributed by atoms with Gasteiger partial charge in [0.2, 0.25) is 0 Å². The lowest BCUT2D eigenvalue weighted by Gasteiger charge is -2.04. The normalized spacial score (nSPS) is 9.50. The molecule has 0 aliphatic heterocycles. The van der Waals surface area contributed by atoms with E-state index in [1.807, 2.05) is 6.07 Å². The smallest absolute Gasteiger partial charge is 0.337 e. The van der Waals surface area contributed by atoms with Gasteiger partial charge in [-0.15, -0.1) is 0 Å². The highest BCUT2D eigenvalue weighted by Gasteiger charge is 2.13. The second kappa shape index (κ2) is 4.45. The van der Waals surface area contributed by atoms with Crippen molar-refractivity contribution >= 4 is 33.5 Å². The van der Waals surface area contributed by atoms with E-state index in [-0.39, 0.29) is 10.6 Å². The van der Waals surface area contributed by atoms with Gasteiger partial charge in [-0.2, -0.15) is 5.26 Å². The molecule has 0 saturated carbocycles. The summed E-state index contributed by atoms with van der Waals surface area (Å²) in [6, 6.07) is 4.70. The number of aromatic carboxylic acids is 1. The van der Waals surface area contributed by atoms with Crippen molar-refractivity contribution in [1.82, 2.24) is 0 Å². The van der Waals surface area contributed by atoms with Crippen LogP contribution >= 0.6 is 27.5 Å². The van der Waals surface area contributed by atoms with Gasteiger partial charge in [-0.05, 0) is 17.7 Å². The van der Waals surface area contributed by atoms with E-state index in [1.165, 1.54) is 6.07 Å². The van der Waals surface area contributed by atoms with Gasteiger partial charge in [0, 0.05) is 5.33 Å². The molecular formula is C9H5BrClNO2. The zero-order valence-corrected chi connectivity index (χ0v) is 9.26. The minimum atomic E-state index is -1.13. The number of nitriles is 1. The van der Waals surface area contributed by atoms with Crippen LogP contribution in [0.2, 0.25) is 5.02 Å². The Labute approximate surface area is 94.0 Å². The Morgan fingerprint density at radius 2 is 2.29 bits per heavy atom. The number of benzene rings is 1. The molecule has 72 valence electrons.